The number of benzene rings is 1. The van der Waals surface area contributed by atoms with E-state index in [1.807, 2.05) is 19.2 Å². The molecule has 0 aliphatic heterocycles. The lowest BCUT2D eigenvalue weighted by Crippen LogP contribution is -2.05. The molecule has 0 atom stereocenters. The van der Waals surface area contributed by atoms with Gasteiger partial charge >= 0.3 is 5.97 Å². The van der Waals surface area contributed by atoms with E-state index in [0.29, 0.717) is 5.56 Å². The summed E-state index contributed by atoms with van der Waals surface area (Å²) in [7, 11) is 1.86. The Hall–Kier alpha value is -1.68. The molecule has 0 unspecified atom stereocenters. The molecule has 0 saturated heterocycles. The van der Waals surface area contributed by atoms with Crippen LogP contribution in [0.3, 0.4) is 0 Å². The van der Waals surface area contributed by atoms with Gasteiger partial charge in [-0.3, -0.25) is 4.79 Å². The fourth-order valence-corrected chi connectivity index (χ4v) is 1.49. The third kappa shape index (κ3) is 4.78. The maximum absolute atomic E-state index is 13.0. The molecule has 0 aromatic heterocycles. The van der Waals surface area contributed by atoms with Crippen molar-refractivity contribution in [2.24, 2.45) is 0 Å². The van der Waals surface area contributed by atoms with Crippen molar-refractivity contribution in [3.63, 3.8) is 0 Å². The maximum Gasteiger partial charge on any atom is 0.307 e. The first-order valence-electron chi connectivity index (χ1n) is 5.45. The highest BCUT2D eigenvalue weighted by molar-refractivity contribution is 5.72. The normalized spacial score (nSPS) is 10.9. The number of aliphatic carboxylic acids is 1. The average molecular weight is 237 g/mol. The second-order valence-electron chi connectivity index (χ2n) is 3.71. The first-order valence-corrected chi connectivity index (χ1v) is 5.45. The average Bonchev–Trinajstić information content (AvgIpc) is 2.26. The van der Waals surface area contributed by atoms with Crippen molar-refractivity contribution in [3.8, 4) is 0 Å². The third-order valence-electron chi connectivity index (χ3n) is 2.31. The minimum absolute atomic E-state index is 0.163. The van der Waals surface area contributed by atoms with Crippen molar-refractivity contribution in [2.75, 3.05) is 13.6 Å². The Morgan fingerprint density at radius 2 is 2.29 bits per heavy atom. The Morgan fingerprint density at radius 3 is 2.94 bits per heavy atom. The Balaban J connectivity index is 2.82. The highest BCUT2D eigenvalue weighted by Crippen LogP contribution is 2.14. The van der Waals surface area contributed by atoms with E-state index in [4.69, 9.17) is 5.11 Å². The van der Waals surface area contributed by atoms with E-state index in [1.165, 1.54) is 12.1 Å². The molecule has 0 fully saturated rings. The van der Waals surface area contributed by atoms with Crippen molar-refractivity contribution >= 4 is 12.0 Å². The number of hydrogen-bond acceptors (Lipinski definition) is 2. The van der Waals surface area contributed by atoms with Crippen LogP contribution >= 0.6 is 0 Å². The highest BCUT2D eigenvalue weighted by Gasteiger charge is 2.06. The fourth-order valence-electron chi connectivity index (χ4n) is 1.49. The van der Waals surface area contributed by atoms with Crippen LogP contribution in [-0.2, 0) is 11.2 Å². The molecule has 0 aliphatic rings. The van der Waals surface area contributed by atoms with Gasteiger partial charge < -0.3 is 10.4 Å². The second-order valence-corrected chi connectivity index (χ2v) is 3.71. The third-order valence-corrected chi connectivity index (χ3v) is 2.31. The standard InChI is InChI=1S/C13H16FNO2/c1-15-7-3-2-4-10-5-6-12(14)8-11(10)9-13(16)17/h2,4-6,8,15H,3,7,9H2,1H3,(H,16,17). The highest BCUT2D eigenvalue weighted by atomic mass is 19.1. The molecule has 17 heavy (non-hydrogen) atoms. The summed E-state index contributed by atoms with van der Waals surface area (Å²) in [5.74, 6) is -1.37. The van der Waals surface area contributed by atoms with Gasteiger partial charge in [0.2, 0.25) is 0 Å². The summed E-state index contributed by atoms with van der Waals surface area (Å²) in [5, 5.41) is 11.7. The monoisotopic (exact) mass is 237 g/mol. The van der Waals surface area contributed by atoms with E-state index in [0.717, 1.165) is 18.5 Å². The Bertz CT molecular complexity index is 416. The van der Waals surface area contributed by atoms with Gasteiger partial charge in [-0.1, -0.05) is 18.2 Å². The molecule has 1 rings (SSSR count). The van der Waals surface area contributed by atoms with Crippen LogP contribution in [0.4, 0.5) is 4.39 Å². The molecule has 0 spiro atoms. The Morgan fingerprint density at radius 1 is 1.53 bits per heavy atom. The van der Waals surface area contributed by atoms with Crippen LogP contribution in [0.25, 0.3) is 6.08 Å². The van der Waals surface area contributed by atoms with Crippen LogP contribution < -0.4 is 5.32 Å². The molecular weight excluding hydrogens is 221 g/mol. The van der Waals surface area contributed by atoms with Gasteiger partial charge in [-0.2, -0.15) is 0 Å². The molecule has 1 aromatic carbocycles. The SMILES string of the molecule is CNCCC=Cc1ccc(F)cc1CC(=O)O. The number of rotatable bonds is 6. The van der Waals surface area contributed by atoms with Crippen LogP contribution in [0.15, 0.2) is 24.3 Å². The van der Waals surface area contributed by atoms with Gasteiger partial charge in [-0.15, -0.1) is 0 Å². The van der Waals surface area contributed by atoms with Crippen LogP contribution in [0, 0.1) is 5.82 Å². The Labute approximate surface area is 100.0 Å². The van der Waals surface area contributed by atoms with E-state index in [2.05, 4.69) is 5.32 Å². The summed E-state index contributed by atoms with van der Waals surface area (Å²) in [6.45, 7) is 0.853. The predicted molar refractivity (Wildman–Crippen MR) is 65.3 cm³/mol. The summed E-state index contributed by atoms with van der Waals surface area (Å²) in [4.78, 5) is 10.7. The number of carbonyl (C=O) groups is 1. The van der Waals surface area contributed by atoms with E-state index in [9.17, 15) is 9.18 Å². The molecule has 0 aliphatic carbocycles. The zero-order valence-electron chi connectivity index (χ0n) is 9.74. The minimum Gasteiger partial charge on any atom is -0.481 e. The van der Waals surface area contributed by atoms with Crippen molar-refractivity contribution < 1.29 is 14.3 Å². The summed E-state index contributed by atoms with van der Waals surface area (Å²) in [6.07, 6.45) is 4.45. The van der Waals surface area contributed by atoms with Crippen molar-refractivity contribution in [2.45, 2.75) is 12.8 Å². The zero-order chi connectivity index (χ0) is 12.7. The van der Waals surface area contributed by atoms with Gasteiger partial charge in [0.15, 0.2) is 0 Å². The van der Waals surface area contributed by atoms with Crippen LogP contribution in [-0.4, -0.2) is 24.7 Å². The van der Waals surface area contributed by atoms with Crippen molar-refractivity contribution in [1.82, 2.24) is 5.32 Å². The van der Waals surface area contributed by atoms with E-state index >= 15 is 0 Å². The molecular formula is C13H16FNO2. The molecule has 2 N–H and O–H groups in total. The number of carboxylic acid groups (broad SMARTS) is 1. The number of carboxylic acids is 1. The molecule has 1 aromatic rings. The van der Waals surface area contributed by atoms with Gasteiger partial charge in [0.25, 0.3) is 0 Å². The second kappa shape index (κ2) is 6.81. The van der Waals surface area contributed by atoms with Crippen LogP contribution in [0.1, 0.15) is 17.5 Å². The van der Waals surface area contributed by atoms with Gasteiger partial charge in [0.05, 0.1) is 6.42 Å². The van der Waals surface area contributed by atoms with Crippen molar-refractivity contribution in [1.29, 1.82) is 0 Å². The quantitative estimate of drug-likeness (QED) is 0.745. The van der Waals surface area contributed by atoms with E-state index in [1.54, 1.807) is 6.07 Å². The molecule has 0 heterocycles. The molecule has 0 bridgehead atoms. The molecule has 3 nitrogen and oxygen atoms in total. The first kappa shape index (κ1) is 13.4. The van der Waals surface area contributed by atoms with Crippen LogP contribution in [0.2, 0.25) is 0 Å². The lowest BCUT2D eigenvalue weighted by Gasteiger charge is -2.03. The largest absolute Gasteiger partial charge is 0.481 e. The fraction of sp³-hybridized carbons (Fsp3) is 0.308. The first-order chi connectivity index (χ1) is 8.13. The summed E-state index contributed by atoms with van der Waals surface area (Å²) < 4.78 is 13.0. The smallest absolute Gasteiger partial charge is 0.307 e. The summed E-state index contributed by atoms with van der Waals surface area (Å²) in [6, 6.07) is 4.21. The van der Waals surface area contributed by atoms with Gasteiger partial charge in [0.1, 0.15) is 5.82 Å². The molecule has 4 heteroatoms. The number of hydrogen-bond donors (Lipinski definition) is 2. The summed E-state index contributed by atoms with van der Waals surface area (Å²) in [5.41, 5.74) is 1.25. The molecule has 92 valence electrons. The van der Waals surface area contributed by atoms with Crippen LogP contribution in [0.5, 0.6) is 0 Å². The van der Waals surface area contributed by atoms with Gasteiger partial charge in [-0.05, 0) is 43.3 Å². The lowest BCUT2D eigenvalue weighted by atomic mass is 10.0. The van der Waals surface area contributed by atoms with Gasteiger partial charge in [-0.25, -0.2) is 4.39 Å². The summed E-state index contributed by atoms with van der Waals surface area (Å²) >= 11 is 0. The zero-order valence-corrected chi connectivity index (χ0v) is 9.74. The number of nitrogens with one attached hydrogen (secondary N) is 1. The number of halogens is 1. The lowest BCUT2D eigenvalue weighted by molar-refractivity contribution is -0.136. The maximum atomic E-state index is 13.0. The Kier molecular flexibility index (Phi) is 5.36. The van der Waals surface area contributed by atoms with E-state index < -0.39 is 11.8 Å². The van der Waals surface area contributed by atoms with Crippen molar-refractivity contribution in [3.05, 3.63) is 41.2 Å². The van der Waals surface area contributed by atoms with Gasteiger partial charge in [0, 0.05) is 0 Å². The topological polar surface area (TPSA) is 49.3 Å². The molecule has 0 radical (unpaired) electrons. The molecule has 0 amide bonds. The predicted octanol–water partition coefficient (Wildman–Crippen LogP) is 2.08. The molecule has 0 saturated carbocycles. The minimum atomic E-state index is -0.958. The van der Waals surface area contributed by atoms with E-state index in [-0.39, 0.29) is 6.42 Å².